The van der Waals surface area contributed by atoms with Gasteiger partial charge in [-0.2, -0.15) is 0 Å². The van der Waals surface area contributed by atoms with Crippen LogP contribution in [0.2, 0.25) is 5.02 Å². The van der Waals surface area contributed by atoms with Crippen LogP contribution in [0.3, 0.4) is 0 Å². The molecule has 1 saturated heterocycles. The zero-order chi connectivity index (χ0) is 23.2. The number of rotatable bonds is 3. The van der Waals surface area contributed by atoms with Crippen LogP contribution in [0.15, 0.2) is 40.7 Å². The van der Waals surface area contributed by atoms with Gasteiger partial charge in [0.15, 0.2) is 5.78 Å². The normalized spacial score (nSPS) is 23.1. The second kappa shape index (κ2) is 8.33. The lowest BCUT2D eigenvalue weighted by atomic mass is 9.68. The fourth-order valence-electron chi connectivity index (χ4n) is 4.84. The monoisotopic (exact) mass is 459 g/mol. The molecular formula is C23H26ClN3O5. The minimum absolute atomic E-state index is 0.0137. The number of Topliss-reactive ketones (excluding diaryl/α,β-unsaturated/α-hetero) is 1. The van der Waals surface area contributed by atoms with E-state index in [9.17, 15) is 19.7 Å². The van der Waals surface area contributed by atoms with E-state index in [1.165, 1.54) is 12.1 Å². The predicted octanol–water partition coefficient (Wildman–Crippen LogP) is 3.71. The number of carbonyl (C=O) groups is 2. The first-order valence-corrected chi connectivity index (χ1v) is 11.0. The molecule has 0 unspecified atom stereocenters. The molecule has 1 fully saturated rings. The summed E-state index contributed by atoms with van der Waals surface area (Å²) in [5.41, 5.74) is 2.45. The van der Waals surface area contributed by atoms with Gasteiger partial charge in [-0.15, -0.1) is 0 Å². The van der Waals surface area contributed by atoms with Crippen molar-refractivity contribution in [2.75, 3.05) is 26.3 Å². The van der Waals surface area contributed by atoms with E-state index in [0.717, 1.165) is 5.70 Å². The quantitative estimate of drug-likeness (QED) is 0.546. The van der Waals surface area contributed by atoms with Crippen LogP contribution in [-0.4, -0.2) is 47.8 Å². The number of nitrogens with zero attached hydrogens (tertiary/aromatic N) is 2. The number of nitro benzene ring substituents is 1. The number of ether oxygens (including phenoxy) is 1. The van der Waals surface area contributed by atoms with Crippen LogP contribution in [0.5, 0.6) is 0 Å². The van der Waals surface area contributed by atoms with Crippen molar-refractivity contribution in [3.05, 3.63) is 61.4 Å². The highest BCUT2D eigenvalue weighted by Crippen LogP contribution is 2.47. The predicted molar refractivity (Wildman–Crippen MR) is 119 cm³/mol. The van der Waals surface area contributed by atoms with Crippen molar-refractivity contribution >= 4 is 29.0 Å². The van der Waals surface area contributed by atoms with Crippen LogP contribution in [0, 0.1) is 15.5 Å². The van der Waals surface area contributed by atoms with Crippen LogP contribution in [0.4, 0.5) is 5.69 Å². The molecule has 4 rings (SSSR count). The van der Waals surface area contributed by atoms with Crippen molar-refractivity contribution in [1.82, 2.24) is 10.2 Å². The maximum Gasteiger partial charge on any atom is 0.288 e. The first-order valence-electron chi connectivity index (χ1n) is 10.6. The zero-order valence-electron chi connectivity index (χ0n) is 18.4. The molecule has 3 aliphatic rings. The van der Waals surface area contributed by atoms with E-state index in [-0.39, 0.29) is 27.8 Å². The van der Waals surface area contributed by atoms with Crippen LogP contribution in [0.25, 0.3) is 0 Å². The largest absolute Gasteiger partial charge is 0.378 e. The Balaban J connectivity index is 1.88. The minimum Gasteiger partial charge on any atom is -0.378 e. The third kappa shape index (κ3) is 4.04. The molecule has 1 amide bonds. The number of allylic oxidation sites excluding steroid dienone is 3. The van der Waals surface area contributed by atoms with Gasteiger partial charge < -0.3 is 15.0 Å². The van der Waals surface area contributed by atoms with Gasteiger partial charge >= 0.3 is 0 Å². The second-order valence-electron chi connectivity index (χ2n) is 9.30. The van der Waals surface area contributed by atoms with Crippen LogP contribution in [-0.2, 0) is 14.3 Å². The van der Waals surface area contributed by atoms with Gasteiger partial charge in [0, 0.05) is 54.0 Å². The highest BCUT2D eigenvalue weighted by Gasteiger charge is 2.44. The number of benzene rings is 1. The molecule has 0 bridgehead atoms. The summed E-state index contributed by atoms with van der Waals surface area (Å²) in [4.78, 5) is 39.7. The number of carbonyl (C=O) groups excluding carboxylic acids is 2. The number of nitro groups is 1. The van der Waals surface area contributed by atoms with Gasteiger partial charge in [0.1, 0.15) is 5.02 Å². The molecule has 1 aromatic rings. The van der Waals surface area contributed by atoms with Crippen molar-refractivity contribution in [1.29, 1.82) is 0 Å². The summed E-state index contributed by atoms with van der Waals surface area (Å²) in [7, 11) is 0. The van der Waals surface area contributed by atoms with Gasteiger partial charge in [-0.1, -0.05) is 31.5 Å². The number of ketones is 1. The van der Waals surface area contributed by atoms with Crippen LogP contribution < -0.4 is 5.32 Å². The Morgan fingerprint density at radius 3 is 2.62 bits per heavy atom. The number of hydrogen-bond donors (Lipinski definition) is 1. The van der Waals surface area contributed by atoms with Gasteiger partial charge in [-0.25, -0.2) is 0 Å². The first kappa shape index (κ1) is 22.5. The number of dihydropyridines is 1. The second-order valence-corrected chi connectivity index (χ2v) is 9.71. The highest BCUT2D eigenvalue weighted by atomic mass is 35.5. The summed E-state index contributed by atoms with van der Waals surface area (Å²) in [5.74, 6) is -0.933. The Morgan fingerprint density at radius 1 is 1.28 bits per heavy atom. The third-order valence-electron chi connectivity index (χ3n) is 6.27. The Hall–Kier alpha value is -2.71. The van der Waals surface area contributed by atoms with Crippen LogP contribution >= 0.6 is 11.6 Å². The lowest BCUT2D eigenvalue weighted by Crippen LogP contribution is -2.45. The number of hydrogen-bond acceptors (Lipinski definition) is 6. The molecule has 2 heterocycles. The van der Waals surface area contributed by atoms with E-state index in [4.69, 9.17) is 16.3 Å². The standard InChI is InChI=1S/C23H26ClN3O5/c1-13-19(22(29)26-6-8-32-9-7-26)20(14-4-5-15(24)17(10-14)27(30)31)21-16(25-13)11-23(2,3)12-18(21)28/h4-5,10,20,25H,6-9,11-12H2,1-3H3/t20-/m1/s1. The van der Waals surface area contributed by atoms with Crippen molar-refractivity contribution in [2.45, 2.75) is 39.5 Å². The molecule has 8 nitrogen and oxygen atoms in total. The Labute approximate surface area is 191 Å². The summed E-state index contributed by atoms with van der Waals surface area (Å²) in [5, 5.41) is 14.9. The average molecular weight is 460 g/mol. The topological polar surface area (TPSA) is 102 Å². The Kier molecular flexibility index (Phi) is 5.85. The molecule has 2 aliphatic heterocycles. The molecule has 0 radical (unpaired) electrons. The summed E-state index contributed by atoms with van der Waals surface area (Å²) < 4.78 is 5.38. The Morgan fingerprint density at radius 2 is 1.97 bits per heavy atom. The molecule has 9 heteroatoms. The van der Waals surface area contributed by atoms with Gasteiger partial charge in [0.2, 0.25) is 0 Å². The summed E-state index contributed by atoms with van der Waals surface area (Å²) >= 11 is 6.05. The molecule has 1 aromatic carbocycles. The smallest absolute Gasteiger partial charge is 0.288 e. The molecular weight excluding hydrogens is 434 g/mol. The lowest BCUT2D eigenvalue weighted by Gasteiger charge is -2.41. The molecule has 1 N–H and O–H groups in total. The number of nitrogens with one attached hydrogen (secondary N) is 1. The van der Waals surface area contributed by atoms with E-state index in [2.05, 4.69) is 5.32 Å². The van der Waals surface area contributed by atoms with E-state index in [1.807, 2.05) is 20.8 Å². The summed E-state index contributed by atoms with van der Waals surface area (Å²) in [6.45, 7) is 7.69. The molecule has 32 heavy (non-hydrogen) atoms. The zero-order valence-corrected chi connectivity index (χ0v) is 19.1. The maximum absolute atomic E-state index is 13.6. The van der Waals surface area contributed by atoms with Gasteiger partial charge in [0.05, 0.1) is 18.1 Å². The van der Waals surface area contributed by atoms with E-state index in [1.54, 1.807) is 11.0 Å². The SMILES string of the molecule is CC1=C(C(=O)N2CCOCC2)[C@@H](c2ccc(Cl)c([N+](=O)[O-])c2)C2=C(CC(C)(C)CC2=O)N1. The minimum atomic E-state index is -0.693. The van der Waals surface area contributed by atoms with Gasteiger partial charge in [0.25, 0.3) is 11.6 Å². The van der Waals surface area contributed by atoms with E-state index >= 15 is 0 Å². The first-order chi connectivity index (χ1) is 15.1. The highest BCUT2D eigenvalue weighted by molar-refractivity contribution is 6.32. The fraction of sp³-hybridized carbons (Fsp3) is 0.478. The van der Waals surface area contributed by atoms with E-state index in [0.29, 0.717) is 61.6 Å². The molecule has 1 atom stereocenters. The fourth-order valence-corrected chi connectivity index (χ4v) is 5.03. The molecule has 0 saturated carbocycles. The lowest BCUT2D eigenvalue weighted by molar-refractivity contribution is -0.384. The summed E-state index contributed by atoms with van der Waals surface area (Å²) in [6, 6.07) is 4.51. The van der Waals surface area contributed by atoms with Crippen molar-refractivity contribution in [3.8, 4) is 0 Å². The number of morpholine rings is 1. The van der Waals surface area contributed by atoms with Crippen molar-refractivity contribution < 1.29 is 19.2 Å². The molecule has 0 aromatic heterocycles. The molecule has 170 valence electrons. The molecule has 1 aliphatic carbocycles. The van der Waals surface area contributed by atoms with Crippen molar-refractivity contribution in [2.24, 2.45) is 5.41 Å². The maximum atomic E-state index is 13.6. The van der Waals surface area contributed by atoms with Crippen LogP contribution in [0.1, 0.15) is 45.1 Å². The molecule has 0 spiro atoms. The van der Waals surface area contributed by atoms with Crippen molar-refractivity contribution in [3.63, 3.8) is 0 Å². The number of halogens is 1. The average Bonchev–Trinajstić information content (AvgIpc) is 2.72. The Bertz CT molecular complexity index is 1070. The van der Waals surface area contributed by atoms with Gasteiger partial charge in [-0.05, 0) is 30.4 Å². The third-order valence-corrected chi connectivity index (χ3v) is 6.59. The van der Waals surface area contributed by atoms with E-state index < -0.39 is 10.8 Å². The van der Waals surface area contributed by atoms with Gasteiger partial charge in [-0.3, -0.25) is 19.7 Å². The number of amides is 1. The summed E-state index contributed by atoms with van der Waals surface area (Å²) in [6.07, 6.45) is 0.994.